The normalized spacial score (nSPS) is 36.0. The first kappa shape index (κ1) is 22.7. The maximum absolute atomic E-state index is 9.95. The predicted octanol–water partition coefficient (Wildman–Crippen LogP) is -4.80. The number of hydrogen-bond acceptors (Lipinski definition) is 15. The molecular weight excluding hydrogens is 405 g/mol. The molecule has 0 aliphatic heterocycles. The SMILES string of the molecule is OC1C(O)C(O[P+](O)(O)O)C(O[P+](O)(O)O)C(O)C1O[P+](O)(O)O. The van der Waals surface area contributed by atoms with Crippen molar-refractivity contribution in [2.75, 3.05) is 0 Å². The summed E-state index contributed by atoms with van der Waals surface area (Å²) in [5.74, 6) is 0. The molecule has 0 aromatic rings. The Kier molecular flexibility index (Phi) is 7.33. The molecule has 6 atom stereocenters. The standard InChI is InChI=1S/C6H18O15P3/c7-1-2(8)5(20-23(13,14)15)6(21-24(16,17)18)3(9)4(1)19-22(10,11)12/h1-18H/q+3. The molecule has 0 radical (unpaired) electrons. The highest BCUT2D eigenvalue weighted by molar-refractivity contribution is 7.54. The van der Waals surface area contributed by atoms with E-state index >= 15 is 0 Å². The van der Waals surface area contributed by atoms with E-state index in [0.29, 0.717) is 0 Å². The number of hydrogen-bond donors (Lipinski definition) is 12. The topological polar surface area (TPSA) is 270 Å². The summed E-state index contributed by atoms with van der Waals surface area (Å²) in [5, 5.41) is 29.5. The first-order valence-electron chi connectivity index (χ1n) is 5.83. The van der Waals surface area contributed by atoms with Crippen molar-refractivity contribution in [3.05, 3.63) is 0 Å². The molecule has 0 spiro atoms. The summed E-state index contributed by atoms with van der Waals surface area (Å²) in [6.45, 7) is 0. The Balaban J connectivity index is 3.16. The second-order valence-electron chi connectivity index (χ2n) is 4.72. The molecule has 15 nitrogen and oxygen atoms in total. The summed E-state index contributed by atoms with van der Waals surface area (Å²) in [5.41, 5.74) is 0. The molecular formula is C6H18O15P3+3. The van der Waals surface area contributed by atoms with Crippen LogP contribution in [0.15, 0.2) is 0 Å². The van der Waals surface area contributed by atoms with Crippen molar-refractivity contribution in [1.29, 1.82) is 0 Å². The molecule has 144 valence electrons. The molecule has 0 aromatic heterocycles. The molecule has 0 heterocycles. The second kappa shape index (κ2) is 7.74. The minimum Gasteiger partial charge on any atom is -0.387 e. The van der Waals surface area contributed by atoms with Gasteiger partial charge < -0.3 is 15.3 Å². The highest BCUT2D eigenvalue weighted by atomic mass is 31.2. The first-order chi connectivity index (χ1) is 10.5. The summed E-state index contributed by atoms with van der Waals surface area (Å²) < 4.78 is 12.6. The van der Waals surface area contributed by atoms with Gasteiger partial charge in [-0.2, -0.15) is 44.0 Å². The number of aliphatic hydroxyl groups is 3. The molecule has 1 aliphatic carbocycles. The molecule has 0 amide bonds. The van der Waals surface area contributed by atoms with Gasteiger partial charge in [0.2, 0.25) is 0 Å². The zero-order valence-corrected chi connectivity index (χ0v) is 14.1. The lowest BCUT2D eigenvalue weighted by molar-refractivity contribution is -0.216. The van der Waals surface area contributed by atoms with E-state index in [4.69, 9.17) is 44.0 Å². The van der Waals surface area contributed by atoms with Gasteiger partial charge in [0.15, 0.2) is 18.3 Å². The minimum absolute atomic E-state index is 2.21. The van der Waals surface area contributed by atoms with Crippen LogP contribution in [0.1, 0.15) is 0 Å². The Morgan fingerprint density at radius 1 is 0.417 bits per heavy atom. The van der Waals surface area contributed by atoms with Crippen molar-refractivity contribution in [3.8, 4) is 0 Å². The Morgan fingerprint density at radius 3 is 1.00 bits per heavy atom. The van der Waals surface area contributed by atoms with Crippen LogP contribution < -0.4 is 0 Å². The van der Waals surface area contributed by atoms with Gasteiger partial charge in [0.25, 0.3) is 0 Å². The van der Waals surface area contributed by atoms with Gasteiger partial charge in [-0.15, -0.1) is 13.6 Å². The molecule has 1 rings (SSSR count). The van der Waals surface area contributed by atoms with E-state index in [1.807, 2.05) is 0 Å². The van der Waals surface area contributed by atoms with Crippen molar-refractivity contribution < 1.29 is 72.9 Å². The van der Waals surface area contributed by atoms with Gasteiger partial charge in [0.1, 0.15) is 18.3 Å². The van der Waals surface area contributed by atoms with E-state index in [-0.39, 0.29) is 0 Å². The lowest BCUT2D eigenvalue weighted by atomic mass is 9.85. The van der Waals surface area contributed by atoms with E-state index in [2.05, 4.69) is 13.6 Å². The third-order valence-electron chi connectivity index (χ3n) is 2.81. The fraction of sp³-hybridized carbons (Fsp3) is 1.00. The lowest BCUT2D eigenvalue weighted by Gasteiger charge is -2.41. The average molecular weight is 423 g/mol. The maximum Gasteiger partial charge on any atom is 0.567 e. The molecule has 12 N–H and O–H groups in total. The minimum atomic E-state index is -5.15. The van der Waals surface area contributed by atoms with E-state index in [1.54, 1.807) is 0 Å². The molecule has 18 heteroatoms. The van der Waals surface area contributed by atoms with Gasteiger partial charge in [-0.3, -0.25) is 0 Å². The summed E-state index contributed by atoms with van der Waals surface area (Å²) in [6, 6.07) is 0. The highest BCUT2D eigenvalue weighted by Gasteiger charge is 2.63. The fourth-order valence-electron chi connectivity index (χ4n) is 2.03. The van der Waals surface area contributed by atoms with Crippen LogP contribution in [0.4, 0.5) is 0 Å². The van der Waals surface area contributed by atoms with Crippen molar-refractivity contribution in [2.24, 2.45) is 0 Å². The van der Waals surface area contributed by atoms with Crippen LogP contribution in [-0.4, -0.2) is 96.0 Å². The number of rotatable bonds is 6. The smallest absolute Gasteiger partial charge is 0.387 e. The quantitative estimate of drug-likeness (QED) is 0.179. The van der Waals surface area contributed by atoms with Crippen molar-refractivity contribution >= 4 is 24.5 Å². The maximum atomic E-state index is 9.95. The molecule has 1 saturated carbocycles. The van der Waals surface area contributed by atoms with Crippen molar-refractivity contribution in [2.45, 2.75) is 36.6 Å². The monoisotopic (exact) mass is 423 g/mol. The van der Waals surface area contributed by atoms with Gasteiger partial charge in [0, 0.05) is 0 Å². The molecule has 0 saturated heterocycles. The summed E-state index contributed by atoms with van der Waals surface area (Å²) in [4.78, 5) is 79.8. The zero-order chi connectivity index (χ0) is 19.1. The van der Waals surface area contributed by atoms with Crippen LogP contribution in [0.2, 0.25) is 0 Å². The van der Waals surface area contributed by atoms with Crippen LogP contribution >= 0.6 is 24.5 Å². The van der Waals surface area contributed by atoms with Gasteiger partial charge in [-0.05, 0) is 0 Å². The summed E-state index contributed by atoms with van der Waals surface area (Å²) >= 11 is 0. The third kappa shape index (κ3) is 6.78. The van der Waals surface area contributed by atoms with E-state index in [9.17, 15) is 15.3 Å². The van der Waals surface area contributed by atoms with Crippen molar-refractivity contribution in [1.82, 2.24) is 0 Å². The molecule has 1 fully saturated rings. The Bertz CT molecular complexity index is 415. The van der Waals surface area contributed by atoms with Gasteiger partial charge >= 0.3 is 24.5 Å². The molecule has 6 unspecified atom stereocenters. The van der Waals surface area contributed by atoms with Crippen LogP contribution in [0.25, 0.3) is 0 Å². The average Bonchev–Trinajstić information content (AvgIpc) is 2.32. The Morgan fingerprint density at radius 2 is 0.667 bits per heavy atom. The van der Waals surface area contributed by atoms with Crippen molar-refractivity contribution in [3.63, 3.8) is 0 Å². The highest BCUT2D eigenvalue weighted by Crippen LogP contribution is 2.55. The predicted molar refractivity (Wildman–Crippen MR) is 73.4 cm³/mol. The summed E-state index contributed by atoms with van der Waals surface area (Å²) in [6.07, 6.45) is -13.7. The Hall–Kier alpha value is 0.690. The van der Waals surface area contributed by atoms with Gasteiger partial charge in [-0.25, -0.2) is 0 Å². The van der Waals surface area contributed by atoms with Crippen LogP contribution in [-0.2, 0) is 13.6 Å². The second-order valence-corrected chi connectivity index (χ2v) is 8.43. The van der Waals surface area contributed by atoms with E-state index in [0.717, 1.165) is 0 Å². The van der Waals surface area contributed by atoms with E-state index in [1.165, 1.54) is 0 Å². The van der Waals surface area contributed by atoms with Crippen LogP contribution in [0.3, 0.4) is 0 Å². The molecule has 0 aromatic carbocycles. The fourth-order valence-corrected chi connectivity index (χ4v) is 3.74. The molecule has 24 heavy (non-hydrogen) atoms. The van der Waals surface area contributed by atoms with Crippen LogP contribution in [0.5, 0.6) is 0 Å². The third-order valence-corrected chi connectivity index (χ3v) is 4.39. The largest absolute Gasteiger partial charge is 0.567 e. The Labute approximate surface area is 135 Å². The van der Waals surface area contributed by atoms with E-state index < -0.39 is 61.1 Å². The number of aliphatic hydroxyl groups excluding tert-OH is 3. The molecule has 0 bridgehead atoms. The lowest BCUT2D eigenvalue weighted by Crippen LogP contribution is -2.65. The molecule has 1 aliphatic rings. The zero-order valence-electron chi connectivity index (χ0n) is 11.4. The van der Waals surface area contributed by atoms with Crippen LogP contribution in [0, 0.1) is 0 Å². The summed E-state index contributed by atoms with van der Waals surface area (Å²) in [7, 11) is -15.3. The first-order valence-corrected chi connectivity index (χ1v) is 10.5. The van der Waals surface area contributed by atoms with Gasteiger partial charge in [0.05, 0.1) is 0 Å². The van der Waals surface area contributed by atoms with Gasteiger partial charge in [-0.1, -0.05) is 0 Å².